The average molecular weight is 546 g/mol. The maximum Gasteiger partial charge on any atom is 0.337 e. The Balaban J connectivity index is 1.74. The number of piperidine rings is 1. The van der Waals surface area contributed by atoms with Crippen LogP contribution in [0.2, 0.25) is 0 Å². The minimum absolute atomic E-state index is 0.247. The lowest BCUT2D eigenvalue weighted by atomic mass is 9.82. The van der Waals surface area contributed by atoms with Crippen LogP contribution in [0.5, 0.6) is 5.75 Å². The van der Waals surface area contributed by atoms with Gasteiger partial charge in [-0.25, -0.2) is 4.79 Å². The van der Waals surface area contributed by atoms with Crippen LogP contribution in [0, 0.1) is 19.3 Å². The molecule has 1 fully saturated rings. The van der Waals surface area contributed by atoms with Crippen molar-refractivity contribution in [1.82, 2.24) is 9.97 Å². The zero-order valence-electron chi connectivity index (χ0n) is 25.0. The molecule has 3 heterocycles. The SMILES string of the molecule is Cc1nc(C)c(C(OC(C)(C)C)C(=O)O)c(N2CCC(C)(C)CC2)c1-c1ccc(OCCc2ccncc2)cc1. The lowest BCUT2D eigenvalue weighted by molar-refractivity contribution is -0.160. The molecule has 1 atom stereocenters. The number of aromatic nitrogens is 2. The van der Waals surface area contributed by atoms with E-state index >= 15 is 0 Å². The number of anilines is 1. The Morgan fingerprint density at radius 2 is 1.65 bits per heavy atom. The van der Waals surface area contributed by atoms with E-state index in [-0.39, 0.29) is 5.41 Å². The zero-order valence-corrected chi connectivity index (χ0v) is 25.0. The van der Waals surface area contributed by atoms with E-state index in [1.807, 2.05) is 71.0 Å². The molecule has 7 heteroatoms. The predicted molar refractivity (Wildman–Crippen MR) is 159 cm³/mol. The molecule has 0 radical (unpaired) electrons. The van der Waals surface area contributed by atoms with Crippen molar-refractivity contribution in [3.63, 3.8) is 0 Å². The smallest absolute Gasteiger partial charge is 0.337 e. The van der Waals surface area contributed by atoms with Gasteiger partial charge in [0, 0.05) is 54.4 Å². The van der Waals surface area contributed by atoms with Crippen molar-refractivity contribution >= 4 is 11.7 Å². The van der Waals surface area contributed by atoms with Crippen molar-refractivity contribution in [2.75, 3.05) is 24.6 Å². The number of pyridine rings is 2. The number of carbonyl (C=O) groups is 1. The first-order chi connectivity index (χ1) is 18.8. The standard InChI is InChI=1S/C33H43N3O4/c1-22-27(25-8-10-26(11-9-25)39-21-14-24-12-17-34-18-13-24)29(36-19-15-33(6,7)16-20-36)28(23(2)35-22)30(31(37)38)40-32(3,4)5/h8-13,17-18,30H,14-16,19-21H2,1-7H3,(H,37,38). The van der Waals surface area contributed by atoms with Crippen molar-refractivity contribution < 1.29 is 19.4 Å². The van der Waals surface area contributed by atoms with Crippen LogP contribution in [0.1, 0.15) is 76.1 Å². The van der Waals surface area contributed by atoms with E-state index < -0.39 is 17.7 Å². The highest BCUT2D eigenvalue weighted by Gasteiger charge is 2.36. The number of carboxylic acid groups (broad SMARTS) is 1. The Kier molecular flexibility index (Phi) is 8.83. The van der Waals surface area contributed by atoms with Crippen molar-refractivity contribution in [2.24, 2.45) is 5.41 Å². The van der Waals surface area contributed by atoms with Gasteiger partial charge in [0.25, 0.3) is 0 Å². The van der Waals surface area contributed by atoms with E-state index in [1.165, 1.54) is 5.56 Å². The van der Waals surface area contributed by atoms with Gasteiger partial charge in [0.2, 0.25) is 0 Å². The van der Waals surface area contributed by atoms with Crippen LogP contribution >= 0.6 is 0 Å². The Morgan fingerprint density at radius 1 is 1.02 bits per heavy atom. The molecule has 0 saturated carbocycles. The van der Waals surface area contributed by atoms with Crippen molar-refractivity contribution in [1.29, 1.82) is 0 Å². The summed E-state index contributed by atoms with van der Waals surface area (Å²) in [6, 6.07) is 12.0. The van der Waals surface area contributed by atoms with E-state index in [0.29, 0.717) is 17.9 Å². The fourth-order valence-electron chi connectivity index (χ4n) is 5.31. The van der Waals surface area contributed by atoms with Crippen molar-refractivity contribution in [3.8, 4) is 16.9 Å². The Hall–Kier alpha value is -3.45. The fourth-order valence-corrected chi connectivity index (χ4v) is 5.31. The lowest BCUT2D eigenvalue weighted by Gasteiger charge is -2.41. The second-order valence-electron chi connectivity index (χ2n) is 12.5. The number of carboxylic acids is 1. The molecule has 1 N–H and O–H groups in total. The second-order valence-corrected chi connectivity index (χ2v) is 12.5. The number of hydrogen-bond donors (Lipinski definition) is 1. The van der Waals surface area contributed by atoms with E-state index in [9.17, 15) is 9.90 Å². The monoisotopic (exact) mass is 545 g/mol. The summed E-state index contributed by atoms with van der Waals surface area (Å²) in [4.78, 5) is 23.9. The largest absolute Gasteiger partial charge is 0.493 e. The minimum atomic E-state index is -1.13. The summed E-state index contributed by atoms with van der Waals surface area (Å²) in [5, 5.41) is 10.4. The van der Waals surface area contributed by atoms with Crippen molar-refractivity contribution in [2.45, 2.75) is 79.4 Å². The van der Waals surface area contributed by atoms with Gasteiger partial charge in [-0.1, -0.05) is 26.0 Å². The molecule has 0 bridgehead atoms. The molecule has 1 aromatic carbocycles. The van der Waals surface area contributed by atoms with E-state index in [1.54, 1.807) is 12.4 Å². The van der Waals surface area contributed by atoms with Crippen LogP contribution < -0.4 is 9.64 Å². The van der Waals surface area contributed by atoms with Gasteiger partial charge in [-0.05, 0) is 88.3 Å². The molecule has 40 heavy (non-hydrogen) atoms. The van der Waals surface area contributed by atoms with Crippen LogP contribution in [0.3, 0.4) is 0 Å². The summed E-state index contributed by atoms with van der Waals surface area (Å²) in [5.41, 5.74) is 5.83. The van der Waals surface area contributed by atoms with Crippen LogP contribution in [0.25, 0.3) is 11.1 Å². The molecular formula is C33H43N3O4. The summed E-state index contributed by atoms with van der Waals surface area (Å²) in [6.45, 7) is 16.4. The average Bonchev–Trinajstić information content (AvgIpc) is 2.88. The number of benzene rings is 1. The normalized spacial score (nSPS) is 16.0. The third-order valence-electron chi connectivity index (χ3n) is 7.52. The topological polar surface area (TPSA) is 84.8 Å². The van der Waals surface area contributed by atoms with Gasteiger partial charge in [0.15, 0.2) is 6.10 Å². The van der Waals surface area contributed by atoms with E-state index in [4.69, 9.17) is 14.5 Å². The second kappa shape index (κ2) is 12.0. The summed E-state index contributed by atoms with van der Waals surface area (Å²) in [7, 11) is 0. The fraction of sp³-hybridized carbons (Fsp3) is 0.485. The highest BCUT2D eigenvalue weighted by Crippen LogP contribution is 2.45. The van der Waals surface area contributed by atoms with Crippen LogP contribution in [0.4, 0.5) is 5.69 Å². The quantitative estimate of drug-likeness (QED) is 0.311. The molecule has 3 aromatic rings. The van der Waals surface area contributed by atoms with Gasteiger partial charge in [-0.15, -0.1) is 0 Å². The van der Waals surface area contributed by atoms with Gasteiger partial charge in [-0.2, -0.15) is 0 Å². The third kappa shape index (κ3) is 7.19. The van der Waals surface area contributed by atoms with Gasteiger partial charge < -0.3 is 19.5 Å². The number of nitrogens with zero attached hydrogens (tertiary/aromatic N) is 3. The summed E-state index contributed by atoms with van der Waals surface area (Å²) in [5.74, 6) is -0.220. The van der Waals surface area contributed by atoms with Gasteiger partial charge in [-0.3, -0.25) is 9.97 Å². The lowest BCUT2D eigenvalue weighted by Crippen LogP contribution is -2.39. The summed E-state index contributed by atoms with van der Waals surface area (Å²) in [6.07, 6.45) is 5.29. The van der Waals surface area contributed by atoms with Gasteiger partial charge in [0.05, 0.1) is 17.9 Å². The summed E-state index contributed by atoms with van der Waals surface area (Å²) >= 11 is 0. The van der Waals surface area contributed by atoms with Gasteiger partial charge >= 0.3 is 5.97 Å². The third-order valence-corrected chi connectivity index (χ3v) is 7.52. The molecule has 1 unspecified atom stereocenters. The first-order valence-electron chi connectivity index (χ1n) is 14.1. The number of aryl methyl sites for hydroxylation is 2. The van der Waals surface area contributed by atoms with E-state index in [0.717, 1.165) is 60.6 Å². The van der Waals surface area contributed by atoms with Gasteiger partial charge in [0.1, 0.15) is 5.75 Å². The molecule has 7 nitrogen and oxygen atoms in total. The molecule has 1 aliphatic heterocycles. The van der Waals surface area contributed by atoms with Crippen LogP contribution in [-0.2, 0) is 16.0 Å². The Bertz CT molecular complexity index is 1300. The highest BCUT2D eigenvalue weighted by molar-refractivity contribution is 5.88. The first kappa shape index (κ1) is 29.5. The first-order valence-corrected chi connectivity index (χ1v) is 14.1. The molecular weight excluding hydrogens is 502 g/mol. The van der Waals surface area contributed by atoms with Crippen LogP contribution in [0.15, 0.2) is 48.8 Å². The summed E-state index contributed by atoms with van der Waals surface area (Å²) < 4.78 is 12.2. The van der Waals surface area contributed by atoms with Crippen molar-refractivity contribution in [3.05, 3.63) is 71.3 Å². The van der Waals surface area contributed by atoms with Crippen LogP contribution in [-0.4, -0.2) is 46.3 Å². The molecule has 0 amide bonds. The molecule has 2 aromatic heterocycles. The molecule has 1 aliphatic rings. The number of hydrogen-bond acceptors (Lipinski definition) is 6. The highest BCUT2D eigenvalue weighted by atomic mass is 16.5. The number of rotatable bonds is 9. The molecule has 1 saturated heterocycles. The zero-order chi connectivity index (χ0) is 29.1. The maximum absolute atomic E-state index is 12.7. The van der Waals surface area contributed by atoms with E-state index in [2.05, 4.69) is 23.7 Å². The number of ether oxygens (including phenoxy) is 2. The Morgan fingerprint density at radius 3 is 2.23 bits per heavy atom. The maximum atomic E-state index is 12.7. The molecule has 4 rings (SSSR count). The number of aliphatic carboxylic acids is 1. The predicted octanol–water partition coefficient (Wildman–Crippen LogP) is 6.95. The molecule has 0 aliphatic carbocycles. The molecule has 214 valence electrons. The molecule has 0 spiro atoms. The Labute approximate surface area is 238 Å². The minimum Gasteiger partial charge on any atom is -0.493 e.